The fraction of sp³-hybridized carbons (Fsp3) is 0.275. The topological polar surface area (TPSA) is 136 Å². The first-order chi connectivity index (χ1) is 42.0. The molecule has 3 aliphatic rings. The van der Waals surface area contributed by atoms with Crippen molar-refractivity contribution in [2.24, 2.45) is 11.8 Å². The Balaban J connectivity index is 0.000000133. The molecule has 4 atom stereocenters. The van der Waals surface area contributed by atoms with E-state index in [-0.39, 0.29) is 16.8 Å². The number of aryl methyl sites for hydroxylation is 13. The summed E-state index contributed by atoms with van der Waals surface area (Å²) in [5, 5.41) is 19.5. The SMILES string of the molecule is Cc1cc(C)c2c(c1)NCC(C1=CCC(C)C=C1)C2.Cc1cc(C)cc(N)c1.Cc1ccc(-c2c[nH]c3cc(C)cc(C)c3c2=O)cc1.Cc1ccc(-c2c[nH]c3cc(C)cc(C)c3c2=O)cc1.Cc1ccc(C2CNc3cc(C)cc(C)c3C2O)cc1. The number of aromatic nitrogens is 2. The van der Waals surface area contributed by atoms with Crippen LogP contribution in [0.4, 0.5) is 17.1 Å². The maximum absolute atomic E-state index is 12.7. The molecule has 0 saturated heterocycles. The molecule has 2 aliphatic heterocycles. The number of benzene rings is 8. The van der Waals surface area contributed by atoms with Crippen molar-refractivity contribution in [3.63, 3.8) is 0 Å². The number of fused-ring (bicyclic) bond motifs is 4. The number of H-pyrrole nitrogens is 2. The zero-order chi connectivity index (χ0) is 63.1. The second kappa shape index (κ2) is 27.8. The third-order valence-electron chi connectivity index (χ3n) is 17.3. The maximum Gasteiger partial charge on any atom is 0.197 e. The van der Waals surface area contributed by atoms with Crippen LogP contribution >= 0.6 is 0 Å². The summed E-state index contributed by atoms with van der Waals surface area (Å²) in [4.78, 5) is 32.0. The lowest BCUT2D eigenvalue weighted by molar-refractivity contribution is 0.145. The van der Waals surface area contributed by atoms with Gasteiger partial charge >= 0.3 is 0 Å². The van der Waals surface area contributed by atoms with Crippen molar-refractivity contribution >= 4 is 38.9 Å². The summed E-state index contributed by atoms with van der Waals surface area (Å²) in [5.74, 6) is 1.46. The summed E-state index contributed by atoms with van der Waals surface area (Å²) in [6, 6.07) is 47.6. The number of hydrogen-bond acceptors (Lipinski definition) is 6. The molecule has 8 heteroatoms. The Labute approximate surface area is 521 Å². The van der Waals surface area contributed by atoms with E-state index < -0.39 is 6.10 Å². The van der Waals surface area contributed by atoms with Gasteiger partial charge in [0.1, 0.15) is 0 Å². The minimum absolute atomic E-state index is 0.0973. The van der Waals surface area contributed by atoms with E-state index >= 15 is 0 Å². The number of aliphatic hydroxyl groups excluding tert-OH is 1. The van der Waals surface area contributed by atoms with E-state index in [0.29, 0.717) is 11.8 Å². The predicted molar refractivity (Wildman–Crippen MR) is 375 cm³/mol. The molecule has 88 heavy (non-hydrogen) atoms. The van der Waals surface area contributed by atoms with Crippen LogP contribution in [0.5, 0.6) is 0 Å². The first-order valence-electron chi connectivity index (χ1n) is 31.0. The fourth-order valence-corrected chi connectivity index (χ4v) is 12.8. The average Bonchev–Trinajstić information content (AvgIpc) is 1.60. The van der Waals surface area contributed by atoms with Gasteiger partial charge < -0.3 is 31.4 Å². The van der Waals surface area contributed by atoms with E-state index in [2.05, 4.69) is 147 Å². The summed E-state index contributed by atoms with van der Waals surface area (Å²) < 4.78 is 0. The smallest absolute Gasteiger partial charge is 0.197 e. The van der Waals surface area contributed by atoms with Gasteiger partial charge in [0.25, 0.3) is 0 Å². The van der Waals surface area contributed by atoms with E-state index in [1.807, 2.05) is 141 Å². The average molecular weight is 1170 g/mol. The normalized spacial score (nSPS) is 16.3. The Bertz CT molecular complexity index is 4140. The Kier molecular flexibility index (Phi) is 20.1. The minimum atomic E-state index is -0.436. The molecule has 0 amide bonds. The van der Waals surface area contributed by atoms with Crippen LogP contribution in [0, 0.1) is 102 Å². The first kappa shape index (κ1) is 63.5. The third kappa shape index (κ3) is 15.2. The molecule has 452 valence electrons. The number of anilines is 3. The number of nitrogen functional groups attached to an aromatic ring is 1. The van der Waals surface area contributed by atoms with Crippen LogP contribution < -0.4 is 27.2 Å². The molecule has 0 spiro atoms. The molecule has 2 aromatic heterocycles. The van der Waals surface area contributed by atoms with Gasteiger partial charge in [0.2, 0.25) is 0 Å². The molecule has 10 aromatic rings. The van der Waals surface area contributed by atoms with Crippen molar-refractivity contribution in [1.29, 1.82) is 0 Å². The number of hydrogen-bond donors (Lipinski definition) is 6. The molecule has 0 saturated carbocycles. The monoisotopic (exact) mass is 1170 g/mol. The van der Waals surface area contributed by atoms with Crippen molar-refractivity contribution in [2.45, 2.75) is 122 Å². The summed E-state index contributed by atoms with van der Waals surface area (Å²) >= 11 is 0. The van der Waals surface area contributed by atoms with Gasteiger partial charge in [0.15, 0.2) is 10.9 Å². The van der Waals surface area contributed by atoms with Gasteiger partial charge in [0.05, 0.1) is 6.10 Å². The lowest BCUT2D eigenvalue weighted by Crippen LogP contribution is -2.27. The second-order valence-electron chi connectivity index (χ2n) is 25.3. The Morgan fingerprint density at radius 1 is 0.477 bits per heavy atom. The fourth-order valence-electron chi connectivity index (χ4n) is 12.8. The Hall–Kier alpha value is -8.98. The van der Waals surface area contributed by atoms with Crippen molar-refractivity contribution in [2.75, 3.05) is 29.5 Å². The molecule has 1 aliphatic carbocycles. The zero-order valence-corrected chi connectivity index (χ0v) is 54.1. The van der Waals surface area contributed by atoms with Crippen LogP contribution in [0.1, 0.15) is 114 Å². The molecule has 0 radical (unpaired) electrons. The molecule has 4 heterocycles. The van der Waals surface area contributed by atoms with Crippen molar-refractivity contribution < 1.29 is 5.11 Å². The molecular weight excluding hydrogens is 1080 g/mol. The van der Waals surface area contributed by atoms with E-state index in [1.54, 1.807) is 0 Å². The number of allylic oxidation sites excluding steroid dienone is 3. The van der Waals surface area contributed by atoms with Gasteiger partial charge in [-0.05, 0) is 229 Å². The van der Waals surface area contributed by atoms with Crippen molar-refractivity contribution in [3.05, 3.63) is 285 Å². The molecule has 8 aromatic carbocycles. The maximum atomic E-state index is 12.7. The van der Waals surface area contributed by atoms with E-state index in [4.69, 9.17) is 5.73 Å². The Morgan fingerprint density at radius 3 is 1.41 bits per heavy atom. The van der Waals surface area contributed by atoms with Gasteiger partial charge in [-0.2, -0.15) is 0 Å². The number of aliphatic hydroxyl groups is 1. The highest BCUT2D eigenvalue weighted by Crippen LogP contribution is 2.41. The number of pyridine rings is 2. The summed E-state index contributed by atoms with van der Waals surface area (Å²) in [6.07, 6.45) is 12.7. The minimum Gasteiger partial charge on any atom is -0.399 e. The van der Waals surface area contributed by atoms with Crippen LogP contribution in [0.2, 0.25) is 0 Å². The van der Waals surface area contributed by atoms with E-state index in [0.717, 1.165) is 102 Å². The van der Waals surface area contributed by atoms with Crippen LogP contribution in [-0.4, -0.2) is 28.2 Å². The van der Waals surface area contributed by atoms with Gasteiger partial charge in [-0.1, -0.05) is 145 Å². The van der Waals surface area contributed by atoms with Gasteiger partial charge in [-0.15, -0.1) is 0 Å². The lowest BCUT2D eigenvalue weighted by atomic mass is 9.82. The number of aromatic amines is 2. The number of nitrogens with one attached hydrogen (secondary N) is 4. The molecule has 4 unspecified atom stereocenters. The van der Waals surface area contributed by atoms with Crippen LogP contribution in [0.3, 0.4) is 0 Å². The second-order valence-corrected chi connectivity index (χ2v) is 25.3. The molecule has 0 fully saturated rings. The quantitative estimate of drug-likeness (QED) is 0.0972. The van der Waals surface area contributed by atoms with Gasteiger partial charge in [0, 0.05) is 92.9 Å². The molecule has 13 rings (SSSR count). The van der Waals surface area contributed by atoms with Gasteiger partial charge in [-0.3, -0.25) is 9.59 Å². The Morgan fingerprint density at radius 2 is 0.920 bits per heavy atom. The first-order valence-corrected chi connectivity index (χ1v) is 31.0. The molecular formula is C80H89N5O3. The van der Waals surface area contributed by atoms with Crippen molar-refractivity contribution in [3.8, 4) is 22.3 Å². The van der Waals surface area contributed by atoms with E-state index in [1.165, 1.54) is 79.7 Å². The summed E-state index contributed by atoms with van der Waals surface area (Å²) in [7, 11) is 0. The third-order valence-corrected chi connectivity index (χ3v) is 17.3. The number of rotatable bonds is 4. The van der Waals surface area contributed by atoms with Crippen LogP contribution in [-0.2, 0) is 6.42 Å². The predicted octanol–water partition coefficient (Wildman–Crippen LogP) is 18.4. The van der Waals surface area contributed by atoms with Gasteiger partial charge in [-0.25, -0.2) is 0 Å². The molecule has 0 bridgehead atoms. The lowest BCUT2D eigenvalue weighted by Gasteiger charge is -2.33. The van der Waals surface area contributed by atoms with Crippen LogP contribution in [0.15, 0.2) is 185 Å². The highest BCUT2D eigenvalue weighted by atomic mass is 16.3. The van der Waals surface area contributed by atoms with E-state index in [9.17, 15) is 14.7 Å². The standard InChI is InChI=1S/C18H21NO.2C18H17NO.C18H23N.C8H11N/c3*1-11-4-6-14(7-5-11)15-10-19-16-9-12(2)8-13(3)17(16)18(15)20;1-12-4-6-15(7-5-12)16-10-17-14(3)8-13(2)9-18(17)19-11-16;1-6-3-7(2)5-8(9)4-6/h4-9,15,18-20H,10H2,1-3H3;2*4-10H,1-3H3,(H,19,20);4,6-9,12,16,19H,5,10-11H2,1-3H3;3-5H,9H2,1-2H3. The zero-order valence-electron chi connectivity index (χ0n) is 54.1. The van der Waals surface area contributed by atoms with Crippen molar-refractivity contribution in [1.82, 2.24) is 9.97 Å². The molecule has 8 nitrogen and oxygen atoms in total. The highest BCUT2D eigenvalue weighted by molar-refractivity contribution is 5.88. The van der Waals surface area contributed by atoms with Crippen LogP contribution in [0.25, 0.3) is 44.1 Å². The number of nitrogens with two attached hydrogens (primary N) is 1. The summed E-state index contributed by atoms with van der Waals surface area (Å²) in [6.45, 7) is 31.0. The largest absolute Gasteiger partial charge is 0.399 e. The summed E-state index contributed by atoms with van der Waals surface area (Å²) in [5.41, 5.74) is 35.1. The highest BCUT2D eigenvalue weighted by Gasteiger charge is 2.31. The molecule has 7 N–H and O–H groups in total.